The Labute approximate surface area is 232 Å². The molecule has 2 rings (SSSR count). The second kappa shape index (κ2) is 13.6. The molecule has 38 heavy (non-hydrogen) atoms. The van der Waals surface area contributed by atoms with Crippen molar-refractivity contribution in [1.82, 2.24) is 0 Å². The van der Waals surface area contributed by atoms with Gasteiger partial charge in [-0.2, -0.15) is 0 Å². The molecule has 0 N–H and O–H groups in total. The van der Waals surface area contributed by atoms with E-state index in [1.165, 1.54) is 7.11 Å². The van der Waals surface area contributed by atoms with Crippen LogP contribution in [0.4, 0.5) is 0 Å². The van der Waals surface area contributed by atoms with Gasteiger partial charge in [0, 0.05) is 12.3 Å². The number of rotatable bonds is 11. The van der Waals surface area contributed by atoms with Gasteiger partial charge in [-0.25, -0.2) is 0 Å². The van der Waals surface area contributed by atoms with Crippen LogP contribution in [0.15, 0.2) is 24.3 Å². The summed E-state index contributed by atoms with van der Waals surface area (Å²) in [6.45, 7) is 19.0. The summed E-state index contributed by atoms with van der Waals surface area (Å²) in [5.74, 6) is 0.590. The Morgan fingerprint density at radius 2 is 1.74 bits per heavy atom. The molecule has 6 nitrogen and oxygen atoms in total. The average molecular weight is 549 g/mol. The van der Waals surface area contributed by atoms with E-state index in [1.807, 2.05) is 19.9 Å². The Bertz CT molecular complexity index is 885. The minimum Gasteiger partial charge on any atom is -0.469 e. The molecule has 0 spiro atoms. The maximum absolute atomic E-state index is 13.2. The second-order valence-corrected chi connectivity index (χ2v) is 18.0. The molecule has 216 valence electrons. The molecule has 0 aromatic carbocycles. The molecule has 0 heterocycles. The lowest BCUT2D eigenvalue weighted by Gasteiger charge is -2.46. The van der Waals surface area contributed by atoms with Gasteiger partial charge in [0.05, 0.1) is 25.6 Å². The molecule has 7 heteroatoms. The summed E-state index contributed by atoms with van der Waals surface area (Å²) in [6.07, 6.45) is 10.4. The highest BCUT2D eigenvalue weighted by Gasteiger charge is 2.45. The van der Waals surface area contributed by atoms with Gasteiger partial charge in [-0.3, -0.25) is 14.4 Å². The summed E-state index contributed by atoms with van der Waals surface area (Å²) < 4.78 is 17.5. The Morgan fingerprint density at radius 1 is 1.08 bits per heavy atom. The third-order valence-corrected chi connectivity index (χ3v) is 13.6. The Balaban J connectivity index is 2.23. The molecule has 1 saturated carbocycles. The molecule has 0 radical (unpaired) electrons. The monoisotopic (exact) mass is 548 g/mol. The summed E-state index contributed by atoms with van der Waals surface area (Å²) in [5, 5.41) is -0.0427. The van der Waals surface area contributed by atoms with Crippen LogP contribution in [0.3, 0.4) is 0 Å². The smallest absolute Gasteiger partial charge is 0.308 e. The predicted octanol–water partition coefficient (Wildman–Crippen LogP) is 6.90. The first-order valence-corrected chi connectivity index (χ1v) is 17.3. The quantitative estimate of drug-likeness (QED) is 0.121. The zero-order valence-corrected chi connectivity index (χ0v) is 26.4. The van der Waals surface area contributed by atoms with Gasteiger partial charge in [-0.05, 0) is 67.1 Å². The topological polar surface area (TPSA) is 78.9 Å². The molecule has 0 saturated heterocycles. The normalized spacial score (nSPS) is 29.4. The van der Waals surface area contributed by atoms with Crippen molar-refractivity contribution in [2.24, 2.45) is 35.5 Å². The number of hydrogen-bond acceptors (Lipinski definition) is 6. The van der Waals surface area contributed by atoms with Gasteiger partial charge in [-0.15, -0.1) is 0 Å². The number of hydrogen-bond donors (Lipinski definition) is 0. The highest BCUT2D eigenvalue weighted by molar-refractivity contribution is 6.74. The Morgan fingerprint density at radius 3 is 2.32 bits per heavy atom. The van der Waals surface area contributed by atoms with Crippen LogP contribution in [0.1, 0.15) is 80.6 Å². The highest BCUT2D eigenvalue weighted by atomic mass is 28.4. The van der Waals surface area contributed by atoms with E-state index in [9.17, 15) is 14.4 Å². The molecule has 1 fully saturated rings. The van der Waals surface area contributed by atoms with E-state index >= 15 is 0 Å². The molecular weight excluding hydrogens is 496 g/mol. The van der Waals surface area contributed by atoms with Crippen LogP contribution >= 0.6 is 0 Å². The maximum Gasteiger partial charge on any atom is 0.308 e. The van der Waals surface area contributed by atoms with E-state index in [1.54, 1.807) is 6.08 Å². The van der Waals surface area contributed by atoms with Gasteiger partial charge in [0.15, 0.2) is 14.1 Å². The lowest BCUT2D eigenvalue weighted by Crippen LogP contribution is -2.45. The van der Waals surface area contributed by atoms with E-state index in [0.717, 1.165) is 19.3 Å². The largest absolute Gasteiger partial charge is 0.469 e. The molecule has 0 bridgehead atoms. The molecule has 0 aromatic heterocycles. The van der Waals surface area contributed by atoms with Crippen molar-refractivity contribution >= 4 is 26.0 Å². The SMILES string of the molecule is CC[C@H](C)C(=O)O[C@H]1C[C@H](C)C[C@@H]2C=C[C@H](C)[C@H](/C=C/C(=O)C[C@H](CC(=O)OC)O[Si](C)(C)C(C)(C)C)[C@@H]12. The first-order chi connectivity index (χ1) is 17.6. The molecule has 0 amide bonds. The van der Waals surface area contributed by atoms with Crippen molar-refractivity contribution in [2.45, 2.75) is 111 Å². The fourth-order valence-electron chi connectivity index (χ4n) is 5.48. The molecule has 2 aliphatic carbocycles. The van der Waals surface area contributed by atoms with Crippen molar-refractivity contribution in [3.8, 4) is 0 Å². The first kappa shape index (κ1) is 32.5. The van der Waals surface area contributed by atoms with Crippen molar-refractivity contribution in [3.05, 3.63) is 24.3 Å². The van der Waals surface area contributed by atoms with Crippen molar-refractivity contribution in [3.63, 3.8) is 0 Å². The van der Waals surface area contributed by atoms with Crippen molar-refractivity contribution < 1.29 is 28.3 Å². The van der Waals surface area contributed by atoms with Crippen LogP contribution in [-0.4, -0.2) is 45.4 Å². The predicted molar refractivity (Wildman–Crippen MR) is 154 cm³/mol. The highest BCUT2D eigenvalue weighted by Crippen LogP contribution is 2.47. The van der Waals surface area contributed by atoms with Gasteiger partial charge in [0.25, 0.3) is 0 Å². The number of carbonyl (C=O) groups excluding carboxylic acids is 3. The fourth-order valence-corrected chi connectivity index (χ4v) is 6.83. The summed E-state index contributed by atoms with van der Waals surface area (Å²) in [6, 6.07) is 0. The first-order valence-electron chi connectivity index (χ1n) is 14.4. The summed E-state index contributed by atoms with van der Waals surface area (Å²) in [5.41, 5.74) is 0. The molecule has 0 aromatic rings. The fraction of sp³-hybridized carbons (Fsp3) is 0.774. The Kier molecular flexibility index (Phi) is 11.6. The number of carbonyl (C=O) groups is 3. The summed E-state index contributed by atoms with van der Waals surface area (Å²) in [7, 11) is -0.831. The minimum atomic E-state index is -2.19. The maximum atomic E-state index is 13.2. The number of methoxy groups -OCH3 is 1. The van der Waals surface area contributed by atoms with E-state index in [0.29, 0.717) is 11.8 Å². The van der Waals surface area contributed by atoms with Gasteiger partial charge in [0.1, 0.15) is 6.10 Å². The standard InChI is InChI=1S/C31H52O6Si/c1-11-21(3)30(34)36-27-17-20(2)16-23-13-12-22(4)26(29(23)27)15-14-24(32)18-25(19-28(33)35-8)37-38(9,10)31(5,6)7/h12-15,20-23,25-27,29H,11,16-19H2,1-10H3/b15-14+/t20-,21+,22+,23+,25-,26+,27+,29+/m1/s1. The number of fused-ring (bicyclic) bond motifs is 1. The molecule has 0 unspecified atom stereocenters. The van der Waals surface area contributed by atoms with Gasteiger partial charge >= 0.3 is 11.9 Å². The minimum absolute atomic E-state index is 0.0427. The van der Waals surface area contributed by atoms with E-state index in [4.69, 9.17) is 13.9 Å². The van der Waals surface area contributed by atoms with E-state index in [-0.39, 0.29) is 65.4 Å². The molecule has 2 aliphatic rings. The van der Waals surface area contributed by atoms with E-state index < -0.39 is 14.4 Å². The number of esters is 2. The number of ketones is 1. The Hall–Kier alpha value is -1.73. The number of allylic oxidation sites excluding steroid dienone is 4. The van der Waals surface area contributed by atoms with Crippen molar-refractivity contribution in [1.29, 1.82) is 0 Å². The lowest BCUT2D eigenvalue weighted by atomic mass is 9.61. The van der Waals surface area contributed by atoms with Crippen LogP contribution in [0, 0.1) is 35.5 Å². The second-order valence-electron chi connectivity index (χ2n) is 13.2. The van der Waals surface area contributed by atoms with Crippen molar-refractivity contribution in [2.75, 3.05) is 7.11 Å². The van der Waals surface area contributed by atoms with Crippen LogP contribution in [-0.2, 0) is 28.3 Å². The molecule has 0 aliphatic heterocycles. The third kappa shape index (κ3) is 8.64. The average Bonchev–Trinajstić information content (AvgIpc) is 2.81. The van der Waals surface area contributed by atoms with E-state index in [2.05, 4.69) is 59.9 Å². The zero-order valence-electron chi connectivity index (χ0n) is 25.4. The zero-order chi connectivity index (χ0) is 28.8. The molecular formula is C31H52O6Si. The number of ether oxygens (including phenoxy) is 2. The summed E-state index contributed by atoms with van der Waals surface area (Å²) >= 11 is 0. The van der Waals surface area contributed by atoms with Gasteiger partial charge in [-0.1, -0.05) is 66.7 Å². The van der Waals surface area contributed by atoms with Gasteiger partial charge < -0.3 is 13.9 Å². The van der Waals surface area contributed by atoms with Crippen LogP contribution in [0.25, 0.3) is 0 Å². The van der Waals surface area contributed by atoms with Crippen LogP contribution < -0.4 is 0 Å². The molecule has 8 atom stereocenters. The third-order valence-electron chi connectivity index (χ3n) is 9.05. The van der Waals surface area contributed by atoms with Crippen LogP contribution in [0.5, 0.6) is 0 Å². The van der Waals surface area contributed by atoms with Crippen LogP contribution in [0.2, 0.25) is 18.1 Å². The summed E-state index contributed by atoms with van der Waals surface area (Å²) in [4.78, 5) is 38.0. The lowest BCUT2D eigenvalue weighted by molar-refractivity contribution is -0.162. The van der Waals surface area contributed by atoms with Gasteiger partial charge in [0.2, 0.25) is 0 Å².